The van der Waals surface area contributed by atoms with Gasteiger partial charge in [-0.3, -0.25) is 19.5 Å². The lowest BCUT2D eigenvalue weighted by atomic mass is 10.2. The number of pyridine rings is 1. The second-order valence-corrected chi connectivity index (χ2v) is 8.17. The number of rotatable bonds is 5. The van der Waals surface area contributed by atoms with Crippen molar-refractivity contribution in [2.45, 2.75) is 11.8 Å². The number of aromatic amines is 2. The van der Waals surface area contributed by atoms with E-state index in [1.807, 2.05) is 0 Å². The molecule has 0 atom stereocenters. The second kappa shape index (κ2) is 7.48. The molecule has 0 unspecified atom stereocenters. The van der Waals surface area contributed by atoms with Gasteiger partial charge in [-0.1, -0.05) is 0 Å². The minimum atomic E-state index is -3.97. The highest BCUT2D eigenvalue weighted by molar-refractivity contribution is 7.92. The van der Waals surface area contributed by atoms with Gasteiger partial charge in [0.1, 0.15) is 11.5 Å². The van der Waals surface area contributed by atoms with Gasteiger partial charge < -0.3 is 9.72 Å². The lowest BCUT2D eigenvalue weighted by Crippen LogP contribution is -2.22. The number of fused-ring (bicyclic) bond motifs is 1. The Kier molecular flexibility index (Phi) is 4.84. The fourth-order valence-corrected chi connectivity index (χ4v) is 4.03. The molecule has 0 aliphatic carbocycles. The number of nitrogens with one attached hydrogen (secondary N) is 3. The van der Waals surface area contributed by atoms with Gasteiger partial charge in [0.25, 0.3) is 15.6 Å². The largest absolute Gasteiger partial charge is 0.456 e. The van der Waals surface area contributed by atoms with E-state index in [4.69, 9.17) is 4.74 Å². The molecule has 4 aromatic rings. The van der Waals surface area contributed by atoms with Crippen LogP contribution in [-0.2, 0) is 10.0 Å². The number of benzene rings is 2. The first-order valence-corrected chi connectivity index (χ1v) is 10.3. The van der Waals surface area contributed by atoms with E-state index in [2.05, 4.69) is 19.7 Å². The summed E-state index contributed by atoms with van der Waals surface area (Å²) in [5.74, 6) is 1.09. The van der Waals surface area contributed by atoms with Crippen molar-refractivity contribution in [1.82, 2.24) is 15.0 Å². The maximum absolute atomic E-state index is 12.8. The molecule has 2 aromatic heterocycles. The monoisotopic (exact) mass is 424 g/mol. The summed E-state index contributed by atoms with van der Waals surface area (Å²) in [6.07, 6.45) is 3.20. The van der Waals surface area contributed by atoms with Crippen LogP contribution in [-0.4, -0.2) is 23.4 Å². The van der Waals surface area contributed by atoms with E-state index in [0.717, 1.165) is 0 Å². The maximum atomic E-state index is 12.8. The lowest BCUT2D eigenvalue weighted by molar-refractivity contribution is 0.480. The number of ether oxygens (including phenoxy) is 1. The van der Waals surface area contributed by atoms with E-state index in [-0.39, 0.29) is 15.8 Å². The third kappa shape index (κ3) is 3.94. The van der Waals surface area contributed by atoms with Crippen molar-refractivity contribution in [3.8, 4) is 11.5 Å². The second-order valence-electron chi connectivity index (χ2n) is 6.49. The predicted molar refractivity (Wildman–Crippen MR) is 111 cm³/mol. The average Bonchev–Trinajstić information content (AvgIpc) is 2.70. The van der Waals surface area contributed by atoms with Gasteiger partial charge in [0.15, 0.2) is 0 Å². The van der Waals surface area contributed by atoms with Crippen LogP contribution in [0.3, 0.4) is 0 Å². The van der Waals surface area contributed by atoms with E-state index < -0.39 is 21.3 Å². The molecule has 0 bridgehead atoms. The van der Waals surface area contributed by atoms with Crippen molar-refractivity contribution in [3.05, 3.63) is 87.3 Å². The third-order valence-corrected chi connectivity index (χ3v) is 5.70. The first-order valence-electron chi connectivity index (χ1n) is 8.79. The number of hydrogen-bond acceptors (Lipinski definition) is 6. The molecule has 152 valence electrons. The smallest absolute Gasteiger partial charge is 0.326 e. The van der Waals surface area contributed by atoms with Gasteiger partial charge >= 0.3 is 5.69 Å². The van der Waals surface area contributed by atoms with Gasteiger partial charge in [-0.25, -0.2) is 13.2 Å². The summed E-state index contributed by atoms with van der Waals surface area (Å²) in [6.45, 7) is 1.74. The Morgan fingerprint density at radius 2 is 1.83 bits per heavy atom. The predicted octanol–water partition coefficient (Wildman–Crippen LogP) is 2.51. The molecule has 0 saturated carbocycles. The Bertz CT molecular complexity index is 1460. The van der Waals surface area contributed by atoms with Gasteiger partial charge in [0.2, 0.25) is 0 Å². The van der Waals surface area contributed by atoms with Gasteiger partial charge in [0.05, 0.1) is 27.7 Å². The van der Waals surface area contributed by atoms with Crippen LogP contribution in [0.15, 0.2) is 75.4 Å². The molecule has 9 nitrogen and oxygen atoms in total. The van der Waals surface area contributed by atoms with Crippen molar-refractivity contribution >= 4 is 26.6 Å². The number of nitrogens with zero attached hydrogens (tertiary/aromatic N) is 1. The highest BCUT2D eigenvalue weighted by atomic mass is 32.2. The summed E-state index contributed by atoms with van der Waals surface area (Å²) in [5, 5.41) is 0.0643. The average molecular weight is 424 g/mol. The number of hydrogen-bond donors (Lipinski definition) is 3. The fraction of sp³-hybridized carbons (Fsp3) is 0.0500. The molecule has 3 N–H and O–H groups in total. The Hall–Kier alpha value is -3.92. The van der Waals surface area contributed by atoms with Crippen LogP contribution in [0, 0.1) is 6.92 Å². The first-order chi connectivity index (χ1) is 14.3. The molecule has 0 aliphatic rings. The number of aryl methyl sites for hydroxylation is 1. The van der Waals surface area contributed by atoms with Crippen molar-refractivity contribution in [1.29, 1.82) is 0 Å². The Balaban J connectivity index is 1.62. The molecule has 0 spiro atoms. The fourth-order valence-electron chi connectivity index (χ4n) is 2.87. The highest BCUT2D eigenvalue weighted by Gasteiger charge is 2.17. The molecule has 0 radical (unpaired) electrons. The minimum absolute atomic E-state index is 0.0643. The number of anilines is 1. The molecule has 0 saturated heterocycles. The Morgan fingerprint density at radius 3 is 2.57 bits per heavy atom. The summed E-state index contributed by atoms with van der Waals surface area (Å²) in [7, 11) is -3.97. The zero-order chi connectivity index (χ0) is 21.3. The van der Waals surface area contributed by atoms with E-state index in [9.17, 15) is 18.0 Å². The van der Waals surface area contributed by atoms with Crippen LogP contribution in [0.1, 0.15) is 5.56 Å². The van der Waals surface area contributed by atoms with Crippen molar-refractivity contribution < 1.29 is 13.2 Å². The lowest BCUT2D eigenvalue weighted by Gasteiger charge is -2.13. The zero-order valence-electron chi connectivity index (χ0n) is 15.7. The molecule has 10 heteroatoms. The van der Waals surface area contributed by atoms with E-state index in [1.54, 1.807) is 49.6 Å². The molecular formula is C20H16N4O5S. The molecular weight excluding hydrogens is 408 g/mol. The Morgan fingerprint density at radius 1 is 1.00 bits per heavy atom. The molecule has 2 aromatic carbocycles. The normalized spacial score (nSPS) is 11.4. The van der Waals surface area contributed by atoms with Gasteiger partial charge in [-0.05, 0) is 61.0 Å². The van der Waals surface area contributed by atoms with E-state index in [1.165, 1.54) is 18.2 Å². The minimum Gasteiger partial charge on any atom is -0.456 e. The van der Waals surface area contributed by atoms with Crippen LogP contribution in [0.2, 0.25) is 0 Å². The molecule has 0 aliphatic heterocycles. The van der Waals surface area contributed by atoms with Gasteiger partial charge in [0, 0.05) is 6.20 Å². The number of aromatic nitrogens is 3. The standard InChI is InChI=1S/C20H16N4O5S/c1-12-9-13(29-14-3-2-8-21-11-14)4-6-17(12)24-30(27,28)15-5-7-18-16(10-15)19(25)23-20(26)22-18/h2-11,24H,1H3,(H2,22,23,25,26). The van der Waals surface area contributed by atoms with Crippen LogP contribution >= 0.6 is 0 Å². The third-order valence-electron chi connectivity index (χ3n) is 4.33. The zero-order valence-corrected chi connectivity index (χ0v) is 16.5. The molecule has 0 fully saturated rings. The SMILES string of the molecule is Cc1cc(Oc2cccnc2)ccc1NS(=O)(=O)c1ccc2[nH]c(=O)[nH]c(=O)c2c1. The van der Waals surface area contributed by atoms with Crippen molar-refractivity contribution in [2.75, 3.05) is 4.72 Å². The molecule has 30 heavy (non-hydrogen) atoms. The van der Waals surface area contributed by atoms with Crippen molar-refractivity contribution in [3.63, 3.8) is 0 Å². The maximum Gasteiger partial charge on any atom is 0.326 e. The van der Waals surface area contributed by atoms with E-state index >= 15 is 0 Å². The number of sulfonamides is 1. The van der Waals surface area contributed by atoms with Crippen LogP contribution in [0.5, 0.6) is 11.5 Å². The topological polar surface area (TPSA) is 134 Å². The molecule has 0 amide bonds. The summed E-state index contributed by atoms with van der Waals surface area (Å²) < 4.78 is 33.8. The van der Waals surface area contributed by atoms with Crippen LogP contribution in [0.25, 0.3) is 10.9 Å². The molecule has 2 heterocycles. The van der Waals surface area contributed by atoms with Gasteiger partial charge in [-0.2, -0.15) is 0 Å². The highest BCUT2D eigenvalue weighted by Crippen LogP contribution is 2.27. The van der Waals surface area contributed by atoms with Crippen LogP contribution in [0.4, 0.5) is 5.69 Å². The summed E-state index contributed by atoms with van der Waals surface area (Å²) >= 11 is 0. The summed E-state index contributed by atoms with van der Waals surface area (Å²) in [5.41, 5.74) is -0.0768. The van der Waals surface area contributed by atoms with Crippen LogP contribution < -0.4 is 20.7 Å². The van der Waals surface area contributed by atoms with E-state index in [0.29, 0.717) is 22.7 Å². The first kappa shape index (κ1) is 19.4. The summed E-state index contributed by atoms with van der Waals surface area (Å²) in [4.78, 5) is 31.7. The quantitative estimate of drug-likeness (QED) is 0.451. The van der Waals surface area contributed by atoms with Gasteiger partial charge in [-0.15, -0.1) is 0 Å². The molecule has 4 rings (SSSR count). The van der Waals surface area contributed by atoms with Crippen molar-refractivity contribution in [2.24, 2.45) is 0 Å². The summed E-state index contributed by atoms with van der Waals surface area (Å²) in [6, 6.07) is 12.3. The number of H-pyrrole nitrogens is 2. The Labute approximate surface area is 170 Å².